The van der Waals surface area contributed by atoms with Gasteiger partial charge in [-0.1, -0.05) is 12.1 Å². The van der Waals surface area contributed by atoms with Gasteiger partial charge < -0.3 is 15.2 Å². The zero-order chi connectivity index (χ0) is 15.2. The molecule has 2 aromatic rings. The van der Waals surface area contributed by atoms with Crippen molar-refractivity contribution < 1.29 is 9.47 Å². The van der Waals surface area contributed by atoms with Crippen molar-refractivity contribution in [2.45, 2.75) is 37.3 Å². The summed E-state index contributed by atoms with van der Waals surface area (Å²) in [5, 5.41) is 4.58. The van der Waals surface area contributed by atoms with E-state index in [1.807, 2.05) is 24.4 Å². The molecule has 0 amide bonds. The first-order valence-corrected chi connectivity index (χ1v) is 7.84. The van der Waals surface area contributed by atoms with Crippen LogP contribution in [0.25, 0.3) is 11.1 Å². The van der Waals surface area contributed by atoms with Crippen LogP contribution in [0.3, 0.4) is 0 Å². The summed E-state index contributed by atoms with van der Waals surface area (Å²) < 4.78 is 13.5. The third-order valence-electron chi connectivity index (χ3n) is 5.06. The Morgan fingerprint density at radius 3 is 3.00 bits per heavy atom. The number of para-hydroxylation sites is 1. The summed E-state index contributed by atoms with van der Waals surface area (Å²) in [5.74, 6) is 0.711. The second kappa shape index (κ2) is 5.02. The molecule has 4 rings (SSSR count). The van der Waals surface area contributed by atoms with E-state index in [9.17, 15) is 0 Å². The van der Waals surface area contributed by atoms with E-state index >= 15 is 0 Å². The summed E-state index contributed by atoms with van der Waals surface area (Å²) in [6, 6.07) is 6.16. The summed E-state index contributed by atoms with van der Waals surface area (Å²) >= 11 is 0. The summed E-state index contributed by atoms with van der Waals surface area (Å²) in [4.78, 5) is 0. The van der Waals surface area contributed by atoms with E-state index in [0.29, 0.717) is 17.5 Å². The molecule has 1 saturated carbocycles. The highest BCUT2D eigenvalue weighted by Gasteiger charge is 2.51. The minimum Gasteiger partial charge on any atom is -0.494 e. The Labute approximate surface area is 130 Å². The normalized spacial score (nSPS) is 27.0. The van der Waals surface area contributed by atoms with Crippen LogP contribution in [0.4, 0.5) is 5.69 Å². The Kier molecular flexibility index (Phi) is 3.11. The van der Waals surface area contributed by atoms with Crippen LogP contribution in [0, 0.1) is 0 Å². The Hall–Kier alpha value is -2.01. The number of benzene rings is 1. The van der Waals surface area contributed by atoms with Crippen LogP contribution < -0.4 is 10.5 Å². The number of methoxy groups -OCH3 is 1. The molecule has 5 nitrogen and oxygen atoms in total. The van der Waals surface area contributed by atoms with Crippen molar-refractivity contribution in [1.82, 2.24) is 9.78 Å². The van der Waals surface area contributed by atoms with Crippen molar-refractivity contribution >= 4 is 5.69 Å². The molecule has 1 unspecified atom stereocenters. The lowest BCUT2D eigenvalue weighted by Crippen LogP contribution is -2.47. The number of rotatable bonds is 3. The van der Waals surface area contributed by atoms with Crippen LogP contribution in [0.2, 0.25) is 0 Å². The number of ether oxygens (including phenoxy) is 2. The van der Waals surface area contributed by atoms with E-state index < -0.39 is 0 Å². The molecular formula is C17H21N3O2. The van der Waals surface area contributed by atoms with Gasteiger partial charge in [-0.15, -0.1) is 0 Å². The van der Waals surface area contributed by atoms with Gasteiger partial charge in [0.1, 0.15) is 5.75 Å². The summed E-state index contributed by atoms with van der Waals surface area (Å²) in [7, 11) is 1.65. The first-order valence-electron chi connectivity index (χ1n) is 7.84. The molecule has 1 aromatic heterocycles. The van der Waals surface area contributed by atoms with E-state index in [1.54, 1.807) is 7.11 Å². The van der Waals surface area contributed by atoms with Gasteiger partial charge in [-0.05, 0) is 31.7 Å². The number of nitrogens with two attached hydrogens (primary N) is 1. The average molecular weight is 299 g/mol. The van der Waals surface area contributed by atoms with Crippen LogP contribution in [-0.4, -0.2) is 29.1 Å². The molecule has 2 heterocycles. The molecule has 2 N–H and O–H groups in total. The van der Waals surface area contributed by atoms with Crippen LogP contribution in [0.5, 0.6) is 5.75 Å². The van der Waals surface area contributed by atoms with E-state index in [0.717, 1.165) is 43.4 Å². The molecule has 2 aliphatic rings. The number of hydrogen-bond donors (Lipinski definition) is 1. The Bertz CT molecular complexity index is 689. The van der Waals surface area contributed by atoms with E-state index in [2.05, 4.69) is 16.0 Å². The molecule has 1 aromatic carbocycles. The van der Waals surface area contributed by atoms with Gasteiger partial charge in [-0.3, -0.25) is 4.68 Å². The van der Waals surface area contributed by atoms with Gasteiger partial charge in [0.2, 0.25) is 0 Å². The maximum atomic E-state index is 6.02. The average Bonchev–Trinajstić information content (AvgIpc) is 3.16. The molecule has 1 saturated heterocycles. The van der Waals surface area contributed by atoms with Crippen molar-refractivity contribution in [2.24, 2.45) is 0 Å². The SMILES string of the molecule is COc1c(N)cccc1-c1cnn(C2CC[C@]23CCCO3)c1. The second-order valence-electron chi connectivity index (χ2n) is 6.21. The number of hydrogen-bond acceptors (Lipinski definition) is 4. The summed E-state index contributed by atoms with van der Waals surface area (Å²) in [5.41, 5.74) is 8.68. The van der Waals surface area contributed by atoms with E-state index in [1.165, 1.54) is 0 Å². The summed E-state index contributed by atoms with van der Waals surface area (Å²) in [6.07, 6.45) is 8.56. The van der Waals surface area contributed by atoms with E-state index in [-0.39, 0.29) is 5.60 Å². The molecule has 1 aliphatic carbocycles. The van der Waals surface area contributed by atoms with Gasteiger partial charge in [0.15, 0.2) is 0 Å². The van der Waals surface area contributed by atoms with Crippen molar-refractivity contribution in [3.63, 3.8) is 0 Å². The maximum Gasteiger partial charge on any atom is 0.149 e. The van der Waals surface area contributed by atoms with Crippen LogP contribution in [0.15, 0.2) is 30.6 Å². The number of nitrogen functional groups attached to an aromatic ring is 1. The fraction of sp³-hybridized carbons (Fsp3) is 0.471. The van der Waals surface area contributed by atoms with Gasteiger partial charge in [-0.2, -0.15) is 5.10 Å². The van der Waals surface area contributed by atoms with Crippen molar-refractivity contribution in [2.75, 3.05) is 19.5 Å². The predicted molar refractivity (Wildman–Crippen MR) is 84.8 cm³/mol. The van der Waals surface area contributed by atoms with Gasteiger partial charge >= 0.3 is 0 Å². The molecule has 1 aliphatic heterocycles. The molecular weight excluding hydrogens is 278 g/mol. The largest absolute Gasteiger partial charge is 0.494 e. The molecule has 0 bridgehead atoms. The van der Waals surface area contributed by atoms with Crippen molar-refractivity contribution in [3.8, 4) is 16.9 Å². The quantitative estimate of drug-likeness (QED) is 0.885. The molecule has 2 atom stereocenters. The van der Waals surface area contributed by atoms with Gasteiger partial charge in [0.05, 0.1) is 30.6 Å². The van der Waals surface area contributed by atoms with Crippen molar-refractivity contribution in [1.29, 1.82) is 0 Å². The topological polar surface area (TPSA) is 62.3 Å². The third-order valence-corrected chi connectivity index (χ3v) is 5.06. The molecule has 22 heavy (non-hydrogen) atoms. The highest BCUT2D eigenvalue weighted by molar-refractivity contribution is 5.76. The number of nitrogens with zero attached hydrogens (tertiary/aromatic N) is 2. The van der Waals surface area contributed by atoms with Gasteiger partial charge in [0, 0.05) is 23.9 Å². The van der Waals surface area contributed by atoms with Crippen LogP contribution >= 0.6 is 0 Å². The fourth-order valence-corrected chi connectivity index (χ4v) is 3.81. The Balaban J connectivity index is 1.66. The highest BCUT2D eigenvalue weighted by Crippen LogP contribution is 2.51. The second-order valence-corrected chi connectivity index (χ2v) is 6.21. The zero-order valence-electron chi connectivity index (χ0n) is 12.8. The third kappa shape index (κ3) is 1.92. The van der Waals surface area contributed by atoms with Crippen molar-refractivity contribution in [3.05, 3.63) is 30.6 Å². The molecule has 0 radical (unpaired) electrons. The molecule has 1 spiro atoms. The minimum absolute atomic E-state index is 0.0308. The first-order chi connectivity index (χ1) is 10.7. The zero-order valence-corrected chi connectivity index (χ0v) is 12.8. The number of anilines is 1. The van der Waals surface area contributed by atoms with Crippen LogP contribution in [0.1, 0.15) is 31.7 Å². The fourth-order valence-electron chi connectivity index (χ4n) is 3.81. The lowest BCUT2D eigenvalue weighted by molar-refractivity contribution is -0.105. The smallest absolute Gasteiger partial charge is 0.149 e. The lowest BCUT2D eigenvalue weighted by Gasteiger charge is -2.45. The molecule has 116 valence electrons. The molecule has 5 heteroatoms. The lowest BCUT2D eigenvalue weighted by atomic mass is 9.73. The highest BCUT2D eigenvalue weighted by atomic mass is 16.5. The van der Waals surface area contributed by atoms with Gasteiger partial charge in [0.25, 0.3) is 0 Å². The Morgan fingerprint density at radius 1 is 1.41 bits per heavy atom. The Morgan fingerprint density at radius 2 is 2.32 bits per heavy atom. The summed E-state index contributed by atoms with van der Waals surface area (Å²) in [6.45, 7) is 0.883. The first kappa shape index (κ1) is 13.6. The maximum absolute atomic E-state index is 6.02. The monoisotopic (exact) mass is 299 g/mol. The van der Waals surface area contributed by atoms with Crippen LogP contribution in [-0.2, 0) is 4.74 Å². The standard InChI is InChI=1S/C17H21N3O2/c1-21-16-13(4-2-5-14(16)18)12-10-19-20(11-12)15-6-8-17(15)7-3-9-22-17/h2,4-5,10-11,15H,3,6-9,18H2,1H3/t15?,17-/m1/s1. The number of aromatic nitrogens is 2. The minimum atomic E-state index is 0.0308. The predicted octanol–water partition coefficient (Wildman–Crippen LogP) is 3.03. The van der Waals surface area contributed by atoms with E-state index in [4.69, 9.17) is 15.2 Å². The molecule has 2 fully saturated rings. The van der Waals surface area contributed by atoms with Gasteiger partial charge in [-0.25, -0.2) is 0 Å².